The van der Waals surface area contributed by atoms with E-state index in [0.717, 1.165) is 0 Å². The molecule has 0 aliphatic heterocycles. The van der Waals surface area contributed by atoms with Gasteiger partial charge in [0, 0.05) is 41.5 Å². The van der Waals surface area contributed by atoms with Crippen LogP contribution in [0.5, 0.6) is 11.6 Å². The third-order valence-corrected chi connectivity index (χ3v) is 4.82. The number of ether oxygens (including phenoxy) is 1. The number of nitro groups is 2. The minimum Gasteiger partial charge on any atom is -0.439 e. The first-order valence-electron chi connectivity index (χ1n) is 10.5. The number of nitrogens with zero attached hydrogens (tertiary/aromatic N) is 4. The summed E-state index contributed by atoms with van der Waals surface area (Å²) in [4.78, 5) is 54.1. The molecule has 0 atom stereocenters. The van der Waals surface area contributed by atoms with Crippen LogP contribution >= 0.6 is 0 Å². The van der Waals surface area contributed by atoms with Gasteiger partial charge >= 0.3 is 0 Å². The number of carbonyl (C=O) groups excluding carboxylic acids is 2. The molecule has 1 heterocycles. The summed E-state index contributed by atoms with van der Waals surface area (Å²) in [6.45, 7) is 0. The zero-order chi connectivity index (χ0) is 26.4. The number of aromatic nitrogens is 2. The summed E-state index contributed by atoms with van der Waals surface area (Å²) >= 11 is 0. The average molecular weight is 500 g/mol. The van der Waals surface area contributed by atoms with Gasteiger partial charge in [-0.05, 0) is 36.4 Å². The van der Waals surface area contributed by atoms with Crippen LogP contribution in [0.1, 0.15) is 20.7 Å². The lowest BCUT2D eigenvalue weighted by Gasteiger charge is -2.11. The van der Waals surface area contributed by atoms with Gasteiger partial charge in [0.05, 0.1) is 9.85 Å². The fraction of sp³-hybridized carbons (Fsp3) is 0. The first-order chi connectivity index (χ1) is 17.8. The van der Waals surface area contributed by atoms with Crippen molar-refractivity contribution in [1.29, 1.82) is 0 Å². The molecule has 0 saturated carbocycles. The van der Waals surface area contributed by atoms with E-state index in [1.165, 1.54) is 54.6 Å². The van der Waals surface area contributed by atoms with Gasteiger partial charge in [-0.2, -0.15) is 9.97 Å². The Hall–Kier alpha value is -5.72. The van der Waals surface area contributed by atoms with Gasteiger partial charge in [-0.3, -0.25) is 35.1 Å². The lowest BCUT2D eigenvalue weighted by atomic mass is 10.2. The van der Waals surface area contributed by atoms with Crippen LogP contribution in [-0.4, -0.2) is 31.6 Å². The molecule has 0 spiro atoms. The third-order valence-electron chi connectivity index (χ3n) is 4.82. The van der Waals surface area contributed by atoms with Gasteiger partial charge in [-0.25, -0.2) is 0 Å². The molecule has 4 rings (SSSR count). The summed E-state index contributed by atoms with van der Waals surface area (Å²) in [5.74, 6) is -1.08. The van der Waals surface area contributed by atoms with Crippen molar-refractivity contribution in [2.45, 2.75) is 0 Å². The predicted octanol–water partition coefficient (Wildman–Crippen LogP) is 4.59. The number of non-ortho nitro benzene ring substituents is 2. The Morgan fingerprint density at radius 3 is 1.73 bits per heavy atom. The van der Waals surface area contributed by atoms with Crippen LogP contribution in [0, 0.1) is 20.2 Å². The van der Waals surface area contributed by atoms with Gasteiger partial charge in [-0.15, -0.1) is 0 Å². The molecule has 0 radical (unpaired) electrons. The Morgan fingerprint density at radius 1 is 0.703 bits per heavy atom. The van der Waals surface area contributed by atoms with E-state index < -0.39 is 21.7 Å². The second-order valence-electron chi connectivity index (χ2n) is 7.35. The first kappa shape index (κ1) is 24.4. The fourth-order valence-electron chi connectivity index (χ4n) is 3.04. The van der Waals surface area contributed by atoms with Crippen molar-refractivity contribution in [2.75, 3.05) is 10.6 Å². The summed E-state index contributed by atoms with van der Waals surface area (Å²) in [6.07, 6.45) is 0. The Morgan fingerprint density at radius 2 is 1.22 bits per heavy atom. The molecular weight excluding hydrogens is 484 g/mol. The van der Waals surface area contributed by atoms with E-state index in [2.05, 4.69) is 20.6 Å². The second-order valence-corrected chi connectivity index (χ2v) is 7.35. The molecule has 184 valence electrons. The van der Waals surface area contributed by atoms with E-state index in [9.17, 15) is 29.8 Å². The minimum absolute atomic E-state index is 0.000742. The Bertz CT molecular complexity index is 1390. The Labute approximate surface area is 208 Å². The highest BCUT2D eigenvalue weighted by atomic mass is 16.6. The summed E-state index contributed by atoms with van der Waals surface area (Å²) < 4.78 is 5.71. The summed E-state index contributed by atoms with van der Waals surface area (Å²) in [7, 11) is 0. The molecule has 0 aliphatic carbocycles. The summed E-state index contributed by atoms with van der Waals surface area (Å²) in [6, 6.07) is 19.8. The fourth-order valence-corrected chi connectivity index (χ4v) is 3.04. The predicted molar refractivity (Wildman–Crippen MR) is 131 cm³/mol. The van der Waals surface area contributed by atoms with Crippen LogP contribution in [0.15, 0.2) is 84.9 Å². The number of rotatable bonds is 8. The van der Waals surface area contributed by atoms with Crippen LogP contribution in [0.2, 0.25) is 0 Å². The molecule has 3 aromatic carbocycles. The zero-order valence-corrected chi connectivity index (χ0v) is 18.7. The van der Waals surface area contributed by atoms with Crippen molar-refractivity contribution in [3.05, 3.63) is 116 Å². The minimum atomic E-state index is -0.653. The highest BCUT2D eigenvalue weighted by Gasteiger charge is 2.16. The van der Waals surface area contributed by atoms with Crippen molar-refractivity contribution >= 4 is 35.0 Å². The second kappa shape index (κ2) is 10.7. The summed E-state index contributed by atoms with van der Waals surface area (Å²) in [5.41, 5.74) is -0.109. The number of benzene rings is 3. The molecule has 2 amide bonds. The molecular formula is C24H16N6O7. The number of hydrogen-bond acceptors (Lipinski definition) is 9. The SMILES string of the molecule is O=C(Nc1cc(Oc2ccccc2)nc(NC(=O)c2ccc([N+](=O)[O-])cc2)n1)c1ccc([N+](=O)[O-])cc1. The van der Waals surface area contributed by atoms with Crippen molar-refractivity contribution in [3.63, 3.8) is 0 Å². The van der Waals surface area contributed by atoms with Gasteiger partial charge in [0.25, 0.3) is 23.2 Å². The van der Waals surface area contributed by atoms with Gasteiger partial charge in [0.1, 0.15) is 11.6 Å². The van der Waals surface area contributed by atoms with Crippen LogP contribution in [0.3, 0.4) is 0 Å². The third kappa shape index (κ3) is 6.24. The van der Waals surface area contributed by atoms with E-state index in [1.54, 1.807) is 30.3 Å². The molecule has 37 heavy (non-hydrogen) atoms. The first-order valence-corrected chi connectivity index (χ1v) is 10.5. The average Bonchev–Trinajstić information content (AvgIpc) is 2.89. The van der Waals surface area contributed by atoms with Crippen LogP contribution in [0.25, 0.3) is 0 Å². The Balaban J connectivity index is 1.59. The van der Waals surface area contributed by atoms with E-state index in [1.807, 2.05) is 0 Å². The number of nitrogens with one attached hydrogen (secondary N) is 2. The molecule has 0 fully saturated rings. The van der Waals surface area contributed by atoms with Gasteiger partial charge in [0.15, 0.2) is 0 Å². The molecule has 13 nitrogen and oxygen atoms in total. The monoisotopic (exact) mass is 500 g/mol. The standard InChI is InChI=1S/C24H16N6O7/c31-22(15-6-10-17(11-7-15)29(33)34)25-20-14-21(37-19-4-2-1-3-5-19)27-24(26-20)28-23(32)16-8-12-18(13-9-16)30(35)36/h1-14H,(H2,25,26,27,28,31,32). The van der Waals surface area contributed by atoms with E-state index in [4.69, 9.17) is 4.74 Å². The topological polar surface area (TPSA) is 179 Å². The van der Waals surface area contributed by atoms with E-state index in [-0.39, 0.29) is 40.1 Å². The van der Waals surface area contributed by atoms with Crippen LogP contribution in [-0.2, 0) is 0 Å². The Kier molecular flexibility index (Phi) is 7.05. The lowest BCUT2D eigenvalue weighted by molar-refractivity contribution is -0.385. The number of carbonyl (C=O) groups is 2. The van der Waals surface area contributed by atoms with Gasteiger partial charge < -0.3 is 10.1 Å². The molecule has 0 aliphatic rings. The molecule has 13 heteroatoms. The quantitative estimate of drug-likeness (QED) is 0.258. The molecule has 0 saturated heterocycles. The highest BCUT2D eigenvalue weighted by Crippen LogP contribution is 2.24. The smallest absolute Gasteiger partial charge is 0.269 e. The normalized spacial score (nSPS) is 10.3. The maximum atomic E-state index is 12.7. The number of nitro benzene ring substituents is 2. The van der Waals surface area contributed by atoms with E-state index >= 15 is 0 Å². The van der Waals surface area contributed by atoms with Gasteiger partial charge in [-0.1, -0.05) is 18.2 Å². The molecule has 1 aromatic heterocycles. The maximum absolute atomic E-state index is 12.7. The number of para-hydroxylation sites is 1. The number of amides is 2. The van der Waals surface area contributed by atoms with Crippen molar-refractivity contribution in [2.24, 2.45) is 0 Å². The van der Waals surface area contributed by atoms with Crippen molar-refractivity contribution in [3.8, 4) is 11.6 Å². The number of hydrogen-bond donors (Lipinski definition) is 2. The van der Waals surface area contributed by atoms with Crippen LogP contribution in [0.4, 0.5) is 23.1 Å². The number of anilines is 2. The maximum Gasteiger partial charge on any atom is 0.269 e. The van der Waals surface area contributed by atoms with Crippen molar-refractivity contribution in [1.82, 2.24) is 9.97 Å². The largest absolute Gasteiger partial charge is 0.439 e. The van der Waals surface area contributed by atoms with Crippen LogP contribution < -0.4 is 15.4 Å². The van der Waals surface area contributed by atoms with Gasteiger partial charge in [0.2, 0.25) is 11.8 Å². The summed E-state index contributed by atoms with van der Waals surface area (Å²) in [5, 5.41) is 26.7. The zero-order valence-electron chi connectivity index (χ0n) is 18.7. The molecule has 0 bridgehead atoms. The lowest BCUT2D eigenvalue weighted by Crippen LogP contribution is -2.17. The molecule has 0 unspecified atom stereocenters. The molecule has 4 aromatic rings. The van der Waals surface area contributed by atoms with E-state index in [0.29, 0.717) is 5.75 Å². The molecule has 2 N–H and O–H groups in total. The highest BCUT2D eigenvalue weighted by molar-refractivity contribution is 6.05. The van der Waals surface area contributed by atoms with Crippen molar-refractivity contribution < 1.29 is 24.2 Å².